The van der Waals surface area contributed by atoms with Gasteiger partial charge in [0, 0.05) is 0 Å². The van der Waals surface area contributed by atoms with Crippen molar-refractivity contribution in [3.8, 4) is 11.5 Å². The third-order valence-corrected chi connectivity index (χ3v) is 2.10. The molecule has 0 saturated carbocycles. The van der Waals surface area contributed by atoms with E-state index in [9.17, 15) is 13.2 Å². The number of pyridine rings is 1. The number of alkyl halides is 2. The summed E-state index contributed by atoms with van der Waals surface area (Å²) in [6, 6.07) is 2.49. The molecule has 2 aromatic heterocycles. The number of nitrogens with zero attached hydrogens (tertiary/aromatic N) is 3. The Morgan fingerprint density at radius 2 is 2.11 bits per heavy atom. The Morgan fingerprint density at radius 1 is 1.33 bits per heavy atom. The molecule has 0 fully saturated rings. The molecule has 1 atom stereocenters. The van der Waals surface area contributed by atoms with Crippen LogP contribution < -0.4 is 0 Å². The van der Waals surface area contributed by atoms with Gasteiger partial charge in [-0.15, -0.1) is 0 Å². The minimum absolute atomic E-state index is 0.0477. The highest BCUT2D eigenvalue weighted by molar-refractivity contribution is 5.47. The predicted octanol–water partition coefficient (Wildman–Crippen LogP) is 1.44. The number of halogens is 3. The number of aromatic nitrogens is 3. The molecule has 2 rings (SSSR count). The molecule has 1 unspecified atom stereocenters. The van der Waals surface area contributed by atoms with Crippen LogP contribution in [0.25, 0.3) is 11.5 Å². The van der Waals surface area contributed by atoms with Crippen molar-refractivity contribution < 1.29 is 22.8 Å². The Labute approximate surface area is 99.3 Å². The summed E-state index contributed by atoms with van der Waals surface area (Å²) in [7, 11) is 0. The number of hydrogen-bond acceptors (Lipinski definition) is 5. The third kappa shape index (κ3) is 2.83. The average molecular weight is 259 g/mol. The van der Waals surface area contributed by atoms with Crippen LogP contribution in [-0.2, 0) is 6.42 Å². The first kappa shape index (κ1) is 12.5. The van der Waals surface area contributed by atoms with Crippen molar-refractivity contribution in [1.82, 2.24) is 15.1 Å². The largest absolute Gasteiger partial charge is 0.387 e. The second-order valence-electron chi connectivity index (χ2n) is 3.48. The molecule has 0 spiro atoms. The van der Waals surface area contributed by atoms with Gasteiger partial charge in [0.2, 0.25) is 11.7 Å². The molecular weight excluding hydrogens is 251 g/mol. The first-order valence-electron chi connectivity index (χ1n) is 4.97. The lowest BCUT2D eigenvalue weighted by atomic mass is 10.2. The van der Waals surface area contributed by atoms with Gasteiger partial charge < -0.3 is 9.63 Å². The highest BCUT2D eigenvalue weighted by Gasteiger charge is 2.21. The monoisotopic (exact) mass is 259 g/mol. The van der Waals surface area contributed by atoms with E-state index in [1.807, 2.05) is 0 Å². The van der Waals surface area contributed by atoms with E-state index < -0.39 is 24.8 Å². The van der Waals surface area contributed by atoms with E-state index in [2.05, 4.69) is 19.6 Å². The van der Waals surface area contributed by atoms with Gasteiger partial charge in [0.05, 0.1) is 12.6 Å². The van der Waals surface area contributed by atoms with Crippen LogP contribution in [0.5, 0.6) is 0 Å². The first-order valence-corrected chi connectivity index (χ1v) is 4.97. The summed E-state index contributed by atoms with van der Waals surface area (Å²) in [5, 5.41) is 12.5. The summed E-state index contributed by atoms with van der Waals surface area (Å²) in [6.45, 7) is 0. The normalized spacial score (nSPS) is 12.9. The summed E-state index contributed by atoms with van der Waals surface area (Å²) in [4.78, 5) is 7.48. The van der Waals surface area contributed by atoms with Crippen molar-refractivity contribution >= 4 is 0 Å². The average Bonchev–Trinajstić information content (AvgIpc) is 2.78. The third-order valence-electron chi connectivity index (χ3n) is 2.10. The Morgan fingerprint density at radius 3 is 2.72 bits per heavy atom. The topological polar surface area (TPSA) is 72.0 Å². The molecule has 18 heavy (non-hydrogen) atoms. The fraction of sp³-hybridized carbons (Fsp3) is 0.300. The summed E-state index contributed by atoms with van der Waals surface area (Å²) < 4.78 is 41.5. The van der Waals surface area contributed by atoms with Gasteiger partial charge >= 0.3 is 0 Å². The van der Waals surface area contributed by atoms with Crippen molar-refractivity contribution in [1.29, 1.82) is 0 Å². The van der Waals surface area contributed by atoms with Gasteiger partial charge in [-0.05, 0) is 12.1 Å². The zero-order chi connectivity index (χ0) is 13.1. The quantitative estimate of drug-likeness (QED) is 0.899. The minimum Gasteiger partial charge on any atom is -0.387 e. The van der Waals surface area contributed by atoms with Gasteiger partial charge in [-0.25, -0.2) is 18.2 Å². The van der Waals surface area contributed by atoms with Gasteiger partial charge in [-0.3, -0.25) is 0 Å². The van der Waals surface area contributed by atoms with Gasteiger partial charge in [0.1, 0.15) is 17.6 Å². The molecular formula is C10H8F3N3O2. The van der Waals surface area contributed by atoms with Gasteiger partial charge in [0.25, 0.3) is 6.43 Å². The van der Waals surface area contributed by atoms with Crippen LogP contribution in [0.2, 0.25) is 0 Å². The summed E-state index contributed by atoms with van der Waals surface area (Å²) in [5.74, 6) is -0.606. The predicted molar refractivity (Wildman–Crippen MR) is 53.2 cm³/mol. The molecule has 0 aliphatic rings. The van der Waals surface area contributed by atoms with E-state index >= 15 is 0 Å². The molecule has 0 aliphatic heterocycles. The van der Waals surface area contributed by atoms with Crippen molar-refractivity contribution in [2.45, 2.75) is 19.0 Å². The molecule has 2 aromatic rings. The fourth-order valence-corrected chi connectivity index (χ4v) is 1.22. The Hall–Kier alpha value is -1.96. The van der Waals surface area contributed by atoms with Gasteiger partial charge in [0.15, 0.2) is 0 Å². The molecule has 1 N–H and O–H groups in total. The second-order valence-corrected chi connectivity index (χ2v) is 3.48. The second kappa shape index (κ2) is 5.13. The molecule has 96 valence electrons. The molecule has 0 aliphatic carbocycles. The smallest absolute Gasteiger partial charge is 0.264 e. The number of aliphatic hydroxyl groups is 1. The van der Waals surface area contributed by atoms with Gasteiger partial charge in [-0.2, -0.15) is 4.98 Å². The maximum Gasteiger partial charge on any atom is 0.264 e. The number of aliphatic hydroxyl groups excluding tert-OH is 1. The molecule has 8 heteroatoms. The van der Waals surface area contributed by atoms with Crippen molar-refractivity contribution in [3.05, 3.63) is 30.0 Å². The Balaban J connectivity index is 2.13. The molecule has 5 nitrogen and oxygen atoms in total. The van der Waals surface area contributed by atoms with E-state index in [1.54, 1.807) is 0 Å². The fourth-order valence-electron chi connectivity index (χ4n) is 1.22. The van der Waals surface area contributed by atoms with E-state index in [1.165, 1.54) is 6.07 Å². The van der Waals surface area contributed by atoms with E-state index in [4.69, 9.17) is 5.11 Å². The van der Waals surface area contributed by atoms with Crippen LogP contribution in [0.15, 0.2) is 22.9 Å². The molecule has 0 saturated heterocycles. The highest BCUT2D eigenvalue weighted by atomic mass is 19.3. The van der Waals surface area contributed by atoms with Crippen LogP contribution in [0.3, 0.4) is 0 Å². The van der Waals surface area contributed by atoms with Crippen molar-refractivity contribution in [2.24, 2.45) is 0 Å². The standard InChI is InChI=1S/C10H8F3N3O2/c11-5-1-2-6(14-4-5)10-15-8(18-16-10)3-7(17)9(12)13/h1-2,4,7,9,17H,3H2. The molecule has 0 aromatic carbocycles. The lowest BCUT2D eigenvalue weighted by Crippen LogP contribution is -2.20. The molecule has 0 amide bonds. The van der Waals surface area contributed by atoms with Crippen molar-refractivity contribution in [3.63, 3.8) is 0 Å². The maximum absolute atomic E-state index is 12.6. The molecule has 0 radical (unpaired) electrons. The van der Waals surface area contributed by atoms with Crippen LogP contribution >= 0.6 is 0 Å². The number of rotatable bonds is 4. The summed E-state index contributed by atoms with van der Waals surface area (Å²) in [6.07, 6.45) is -4.23. The van der Waals surface area contributed by atoms with E-state index in [0.29, 0.717) is 0 Å². The molecule has 2 heterocycles. The summed E-state index contributed by atoms with van der Waals surface area (Å²) in [5.41, 5.74) is 0.248. The zero-order valence-corrected chi connectivity index (χ0v) is 8.92. The highest BCUT2D eigenvalue weighted by Crippen LogP contribution is 2.15. The zero-order valence-electron chi connectivity index (χ0n) is 8.92. The first-order chi connectivity index (χ1) is 8.56. The van der Waals surface area contributed by atoms with Crippen LogP contribution in [0.1, 0.15) is 5.89 Å². The van der Waals surface area contributed by atoms with E-state index in [0.717, 1.165) is 12.3 Å². The maximum atomic E-state index is 12.6. The lowest BCUT2D eigenvalue weighted by Gasteiger charge is -2.04. The van der Waals surface area contributed by atoms with Gasteiger partial charge in [-0.1, -0.05) is 5.16 Å². The van der Waals surface area contributed by atoms with Crippen LogP contribution in [0.4, 0.5) is 13.2 Å². The van der Waals surface area contributed by atoms with Crippen LogP contribution in [0, 0.1) is 5.82 Å². The van der Waals surface area contributed by atoms with Crippen LogP contribution in [-0.4, -0.2) is 32.8 Å². The number of hydrogen-bond donors (Lipinski definition) is 1. The van der Waals surface area contributed by atoms with E-state index in [-0.39, 0.29) is 17.4 Å². The molecule has 0 bridgehead atoms. The Bertz CT molecular complexity index is 515. The summed E-state index contributed by atoms with van der Waals surface area (Å²) >= 11 is 0. The SMILES string of the molecule is OC(Cc1nc(-c2ccc(F)cn2)no1)C(F)F. The lowest BCUT2D eigenvalue weighted by molar-refractivity contribution is -0.00754. The minimum atomic E-state index is -2.88. The van der Waals surface area contributed by atoms with Crippen molar-refractivity contribution in [2.75, 3.05) is 0 Å². The Kier molecular flexibility index (Phi) is 3.56.